The minimum Gasteiger partial charge on any atom is -0.378 e. The van der Waals surface area contributed by atoms with Gasteiger partial charge in [-0.1, -0.05) is 30.3 Å². The average Bonchev–Trinajstić information content (AvgIpc) is 3.14. The second-order valence-corrected chi connectivity index (χ2v) is 8.15. The Labute approximate surface area is 180 Å². The number of carbonyl (C=O) groups excluding carboxylic acids is 1. The zero-order chi connectivity index (χ0) is 21.5. The fourth-order valence-corrected chi connectivity index (χ4v) is 4.20. The molecule has 1 amide bonds. The smallest absolute Gasteiger partial charge is 0.257 e. The van der Waals surface area contributed by atoms with E-state index in [9.17, 15) is 9.59 Å². The van der Waals surface area contributed by atoms with Gasteiger partial charge in [0.1, 0.15) is 10.6 Å². The summed E-state index contributed by atoms with van der Waals surface area (Å²) < 4.78 is 7.37. The van der Waals surface area contributed by atoms with Crippen LogP contribution in [0.4, 0.5) is 0 Å². The SMILES string of the molecule is COCc1c(C(=O)NCc2nc(C)cs2)c(=O)cc(C)n1CCCc1ccccc1. The lowest BCUT2D eigenvalue weighted by Gasteiger charge is -2.19. The Bertz CT molecular complexity index is 1060. The van der Waals surface area contributed by atoms with Gasteiger partial charge in [0.25, 0.3) is 5.91 Å². The van der Waals surface area contributed by atoms with Crippen LogP contribution in [0, 0.1) is 13.8 Å². The van der Waals surface area contributed by atoms with Crippen LogP contribution in [-0.4, -0.2) is 22.6 Å². The van der Waals surface area contributed by atoms with E-state index < -0.39 is 5.91 Å². The molecule has 3 rings (SSSR count). The first-order chi connectivity index (χ1) is 14.5. The number of nitrogens with one attached hydrogen (secondary N) is 1. The van der Waals surface area contributed by atoms with Gasteiger partial charge >= 0.3 is 0 Å². The molecule has 0 fully saturated rings. The lowest BCUT2D eigenvalue weighted by atomic mass is 10.1. The van der Waals surface area contributed by atoms with E-state index in [0.29, 0.717) is 18.8 Å². The molecule has 0 atom stereocenters. The van der Waals surface area contributed by atoms with Crippen LogP contribution in [0.15, 0.2) is 46.6 Å². The highest BCUT2D eigenvalue weighted by Gasteiger charge is 2.20. The van der Waals surface area contributed by atoms with Crippen molar-refractivity contribution in [2.75, 3.05) is 7.11 Å². The molecule has 0 saturated carbocycles. The Balaban J connectivity index is 1.81. The summed E-state index contributed by atoms with van der Waals surface area (Å²) in [5, 5.41) is 5.58. The minimum absolute atomic E-state index is 0.149. The van der Waals surface area contributed by atoms with E-state index in [2.05, 4.69) is 22.4 Å². The van der Waals surface area contributed by atoms with Crippen LogP contribution >= 0.6 is 11.3 Å². The largest absolute Gasteiger partial charge is 0.378 e. The monoisotopic (exact) mass is 425 g/mol. The minimum atomic E-state index is -0.392. The van der Waals surface area contributed by atoms with Crippen molar-refractivity contribution in [2.24, 2.45) is 0 Å². The number of hydrogen-bond donors (Lipinski definition) is 1. The van der Waals surface area contributed by atoms with Gasteiger partial charge in [-0.3, -0.25) is 9.59 Å². The van der Waals surface area contributed by atoms with Crippen LogP contribution < -0.4 is 10.7 Å². The zero-order valence-electron chi connectivity index (χ0n) is 17.6. The Morgan fingerprint density at radius 1 is 1.23 bits per heavy atom. The highest BCUT2D eigenvalue weighted by molar-refractivity contribution is 7.09. The normalized spacial score (nSPS) is 10.9. The number of hydrogen-bond acceptors (Lipinski definition) is 5. The second kappa shape index (κ2) is 10.3. The van der Waals surface area contributed by atoms with Gasteiger partial charge in [-0.25, -0.2) is 4.98 Å². The maximum atomic E-state index is 12.9. The van der Waals surface area contributed by atoms with Gasteiger partial charge in [-0.15, -0.1) is 11.3 Å². The van der Waals surface area contributed by atoms with Gasteiger partial charge in [0.15, 0.2) is 5.43 Å². The zero-order valence-corrected chi connectivity index (χ0v) is 18.4. The van der Waals surface area contributed by atoms with Crippen LogP contribution in [0.2, 0.25) is 0 Å². The van der Waals surface area contributed by atoms with E-state index >= 15 is 0 Å². The van der Waals surface area contributed by atoms with Crippen molar-refractivity contribution in [3.63, 3.8) is 0 Å². The molecule has 2 heterocycles. The van der Waals surface area contributed by atoms with E-state index in [1.807, 2.05) is 42.0 Å². The number of carbonyl (C=O) groups is 1. The topological polar surface area (TPSA) is 73.2 Å². The molecule has 0 spiro atoms. The first-order valence-corrected chi connectivity index (χ1v) is 10.8. The number of rotatable bonds is 9. The molecule has 1 aromatic carbocycles. The number of ether oxygens (including phenoxy) is 1. The van der Waals surface area contributed by atoms with E-state index in [0.717, 1.165) is 29.2 Å². The first kappa shape index (κ1) is 21.9. The van der Waals surface area contributed by atoms with Crippen molar-refractivity contribution in [2.45, 2.75) is 46.4 Å². The molecule has 0 radical (unpaired) electrons. The van der Waals surface area contributed by atoms with E-state index in [-0.39, 0.29) is 17.6 Å². The summed E-state index contributed by atoms with van der Waals surface area (Å²) in [5.41, 5.74) is 3.49. The number of pyridine rings is 1. The summed E-state index contributed by atoms with van der Waals surface area (Å²) in [6.07, 6.45) is 1.81. The summed E-state index contributed by atoms with van der Waals surface area (Å²) in [6.45, 7) is 4.99. The number of benzene rings is 1. The summed E-state index contributed by atoms with van der Waals surface area (Å²) in [4.78, 5) is 29.9. The summed E-state index contributed by atoms with van der Waals surface area (Å²) in [6, 6.07) is 11.8. The maximum absolute atomic E-state index is 12.9. The van der Waals surface area contributed by atoms with Gasteiger partial charge in [0.05, 0.1) is 18.8 Å². The molecule has 0 unspecified atom stereocenters. The van der Waals surface area contributed by atoms with E-state index in [1.165, 1.54) is 23.0 Å². The number of aryl methyl sites for hydroxylation is 3. The molecule has 6 nitrogen and oxygen atoms in total. The molecular formula is C23H27N3O3S. The van der Waals surface area contributed by atoms with Crippen molar-refractivity contribution in [3.05, 3.63) is 85.2 Å². The van der Waals surface area contributed by atoms with Gasteiger partial charge in [0, 0.05) is 36.5 Å². The van der Waals surface area contributed by atoms with Crippen molar-refractivity contribution in [1.82, 2.24) is 14.9 Å². The fourth-order valence-electron chi connectivity index (χ4n) is 3.49. The molecule has 0 saturated heterocycles. The Morgan fingerprint density at radius 3 is 2.67 bits per heavy atom. The Morgan fingerprint density at radius 2 is 2.00 bits per heavy atom. The average molecular weight is 426 g/mol. The van der Waals surface area contributed by atoms with Crippen LogP contribution in [0.5, 0.6) is 0 Å². The van der Waals surface area contributed by atoms with Crippen molar-refractivity contribution >= 4 is 17.2 Å². The first-order valence-electron chi connectivity index (χ1n) is 9.95. The molecule has 158 valence electrons. The highest BCUT2D eigenvalue weighted by Crippen LogP contribution is 2.14. The highest BCUT2D eigenvalue weighted by atomic mass is 32.1. The van der Waals surface area contributed by atoms with Gasteiger partial charge in [-0.05, 0) is 32.3 Å². The van der Waals surface area contributed by atoms with E-state index in [1.54, 1.807) is 7.11 Å². The Hall–Kier alpha value is -2.77. The number of aromatic nitrogens is 2. The van der Waals surface area contributed by atoms with Crippen LogP contribution in [0.3, 0.4) is 0 Å². The fraction of sp³-hybridized carbons (Fsp3) is 0.348. The molecule has 7 heteroatoms. The van der Waals surface area contributed by atoms with Crippen LogP contribution in [0.25, 0.3) is 0 Å². The van der Waals surface area contributed by atoms with Gasteiger partial charge in [-0.2, -0.15) is 0 Å². The van der Waals surface area contributed by atoms with Gasteiger partial charge in [0.2, 0.25) is 0 Å². The van der Waals surface area contributed by atoms with Crippen LogP contribution in [-0.2, 0) is 30.9 Å². The molecule has 0 aliphatic rings. The van der Waals surface area contributed by atoms with Crippen molar-refractivity contribution in [1.29, 1.82) is 0 Å². The maximum Gasteiger partial charge on any atom is 0.257 e. The Kier molecular flexibility index (Phi) is 7.54. The predicted octanol–water partition coefficient (Wildman–Crippen LogP) is 3.63. The molecule has 2 aromatic heterocycles. The summed E-state index contributed by atoms with van der Waals surface area (Å²) in [7, 11) is 1.57. The quantitative estimate of drug-likeness (QED) is 0.568. The third-order valence-corrected chi connectivity index (χ3v) is 5.86. The molecule has 3 aromatic rings. The number of amides is 1. The molecule has 0 aliphatic heterocycles. The standard InChI is InChI=1S/C23H27N3O3S/c1-16-15-30-21(25-16)13-24-23(28)22-19(14-29-3)26(17(2)12-20(22)27)11-7-10-18-8-5-4-6-9-18/h4-6,8-9,12,15H,7,10-11,13-14H2,1-3H3,(H,24,28). The number of thiazole rings is 1. The third kappa shape index (κ3) is 5.43. The van der Waals surface area contributed by atoms with E-state index in [4.69, 9.17) is 4.74 Å². The summed E-state index contributed by atoms with van der Waals surface area (Å²) >= 11 is 1.49. The molecule has 30 heavy (non-hydrogen) atoms. The molecule has 0 aliphatic carbocycles. The van der Waals surface area contributed by atoms with Gasteiger partial charge < -0.3 is 14.6 Å². The lowest BCUT2D eigenvalue weighted by molar-refractivity contribution is 0.0942. The summed E-state index contributed by atoms with van der Waals surface area (Å²) in [5.74, 6) is -0.392. The second-order valence-electron chi connectivity index (χ2n) is 7.21. The molecular weight excluding hydrogens is 398 g/mol. The molecule has 0 bridgehead atoms. The van der Waals surface area contributed by atoms with Crippen molar-refractivity contribution in [3.8, 4) is 0 Å². The molecule has 1 N–H and O–H groups in total. The third-order valence-electron chi connectivity index (χ3n) is 4.89. The van der Waals surface area contributed by atoms with Crippen LogP contribution in [0.1, 0.15) is 44.4 Å². The van der Waals surface area contributed by atoms with Crippen molar-refractivity contribution < 1.29 is 9.53 Å². The predicted molar refractivity (Wildman–Crippen MR) is 119 cm³/mol. The lowest BCUT2D eigenvalue weighted by Crippen LogP contribution is -2.32. The number of nitrogens with zero attached hydrogens (tertiary/aromatic N) is 2. The number of methoxy groups -OCH3 is 1.